The van der Waals surface area contributed by atoms with Crippen LogP contribution < -0.4 is 4.74 Å². The maximum Gasteiger partial charge on any atom is 0.343 e. The highest BCUT2D eigenvalue weighted by Gasteiger charge is 2.49. The lowest BCUT2D eigenvalue weighted by Gasteiger charge is -2.31. The number of esters is 1. The Balaban J connectivity index is 2.42. The molecule has 0 N–H and O–H groups in total. The molecule has 7 heteroatoms. The number of hydrogen-bond donors (Lipinski definition) is 0. The first-order valence-electron chi connectivity index (χ1n) is 8.38. The first kappa shape index (κ1) is 20.7. The molecule has 1 aliphatic carbocycles. The van der Waals surface area contributed by atoms with Crippen molar-refractivity contribution in [1.29, 1.82) is 0 Å². The molecule has 1 aromatic rings. The molecular weight excluding hydrogens is 379 g/mol. The average molecular weight is 401 g/mol. The van der Waals surface area contributed by atoms with Crippen molar-refractivity contribution in [2.45, 2.75) is 40.0 Å². The molecule has 26 heavy (non-hydrogen) atoms. The van der Waals surface area contributed by atoms with Crippen molar-refractivity contribution in [2.75, 3.05) is 13.7 Å². The highest BCUT2D eigenvalue weighted by molar-refractivity contribution is 6.45. The third-order valence-corrected chi connectivity index (χ3v) is 5.89. The minimum atomic E-state index is -0.693. The summed E-state index contributed by atoms with van der Waals surface area (Å²) in [5.41, 5.74) is 0.419. The van der Waals surface area contributed by atoms with Gasteiger partial charge >= 0.3 is 5.97 Å². The number of ketones is 2. The quantitative estimate of drug-likeness (QED) is 0.638. The van der Waals surface area contributed by atoms with E-state index in [1.54, 1.807) is 6.07 Å². The van der Waals surface area contributed by atoms with Gasteiger partial charge in [-0.05, 0) is 37.3 Å². The van der Waals surface area contributed by atoms with Crippen molar-refractivity contribution in [1.82, 2.24) is 0 Å². The van der Waals surface area contributed by atoms with Gasteiger partial charge in [0.1, 0.15) is 16.6 Å². The predicted molar refractivity (Wildman–Crippen MR) is 99.2 cm³/mol. The van der Waals surface area contributed by atoms with E-state index in [-0.39, 0.29) is 39.9 Å². The highest BCUT2D eigenvalue weighted by atomic mass is 35.5. The number of methoxy groups -OCH3 is 1. The molecule has 0 spiro atoms. The van der Waals surface area contributed by atoms with Crippen molar-refractivity contribution < 1.29 is 23.9 Å². The minimum absolute atomic E-state index is 0.0241. The van der Waals surface area contributed by atoms with Crippen LogP contribution in [0.5, 0.6) is 5.75 Å². The molecule has 0 amide bonds. The van der Waals surface area contributed by atoms with Crippen LogP contribution in [-0.2, 0) is 20.7 Å². The second-order valence-electron chi connectivity index (χ2n) is 6.92. The SMILES string of the molecule is COC(=O)COc1cc2c(c(Cl)c1Cl)C(=O)C(CCC(C)=O)(C(C)C)C2. The molecule has 142 valence electrons. The Hall–Kier alpha value is -1.59. The molecule has 0 saturated carbocycles. The molecule has 5 nitrogen and oxygen atoms in total. The molecule has 0 heterocycles. The summed E-state index contributed by atoms with van der Waals surface area (Å²) in [6.07, 6.45) is 1.24. The van der Waals surface area contributed by atoms with E-state index in [1.165, 1.54) is 14.0 Å². The Morgan fingerprint density at radius 3 is 2.46 bits per heavy atom. The van der Waals surface area contributed by atoms with Crippen molar-refractivity contribution in [3.63, 3.8) is 0 Å². The number of hydrogen-bond acceptors (Lipinski definition) is 5. The van der Waals surface area contributed by atoms with E-state index < -0.39 is 11.4 Å². The zero-order chi connectivity index (χ0) is 19.6. The Morgan fingerprint density at radius 1 is 1.27 bits per heavy atom. The third kappa shape index (κ3) is 3.74. The number of halogens is 2. The van der Waals surface area contributed by atoms with Gasteiger partial charge in [-0.25, -0.2) is 4.79 Å². The Kier molecular flexibility index (Phi) is 6.35. The van der Waals surface area contributed by atoms with Crippen LogP contribution in [0.15, 0.2) is 6.07 Å². The number of Topliss-reactive ketones (excluding diaryl/α,β-unsaturated/α-hetero) is 2. The van der Waals surface area contributed by atoms with Crippen molar-refractivity contribution in [3.8, 4) is 5.75 Å². The molecule has 2 rings (SSSR count). The van der Waals surface area contributed by atoms with Gasteiger partial charge in [0, 0.05) is 17.4 Å². The smallest absolute Gasteiger partial charge is 0.343 e. The van der Waals surface area contributed by atoms with Gasteiger partial charge in [-0.3, -0.25) is 4.79 Å². The highest BCUT2D eigenvalue weighted by Crippen LogP contribution is 2.51. The average Bonchev–Trinajstić information content (AvgIpc) is 2.87. The summed E-state index contributed by atoms with van der Waals surface area (Å²) < 4.78 is 9.95. The molecule has 1 atom stereocenters. The van der Waals surface area contributed by atoms with Crippen LogP contribution >= 0.6 is 23.2 Å². The molecule has 0 aliphatic heterocycles. The number of fused-ring (bicyclic) bond motifs is 1. The van der Waals surface area contributed by atoms with Crippen molar-refractivity contribution >= 4 is 40.7 Å². The predicted octanol–water partition coefficient (Wildman–Crippen LogP) is 4.30. The number of rotatable bonds is 7. The van der Waals surface area contributed by atoms with Gasteiger partial charge in [-0.15, -0.1) is 0 Å². The molecule has 0 aromatic heterocycles. The number of carbonyl (C=O) groups is 3. The lowest BCUT2D eigenvalue weighted by atomic mass is 9.70. The van der Waals surface area contributed by atoms with Gasteiger partial charge in [0.25, 0.3) is 0 Å². The van der Waals surface area contributed by atoms with E-state index in [1.807, 2.05) is 13.8 Å². The molecule has 1 aliphatic rings. The van der Waals surface area contributed by atoms with E-state index in [4.69, 9.17) is 27.9 Å². The van der Waals surface area contributed by atoms with Gasteiger partial charge in [-0.1, -0.05) is 37.0 Å². The summed E-state index contributed by atoms with van der Waals surface area (Å²) in [5.74, 6) is -0.335. The summed E-state index contributed by atoms with van der Waals surface area (Å²) in [6, 6.07) is 1.66. The molecular formula is C19H22Cl2O5. The fraction of sp³-hybridized carbons (Fsp3) is 0.526. The van der Waals surface area contributed by atoms with Crippen LogP contribution in [0.25, 0.3) is 0 Å². The van der Waals surface area contributed by atoms with E-state index in [2.05, 4.69) is 4.74 Å². The lowest BCUT2D eigenvalue weighted by Crippen LogP contribution is -2.34. The van der Waals surface area contributed by atoms with Crippen LogP contribution in [-0.4, -0.2) is 31.3 Å². The van der Waals surface area contributed by atoms with Crippen LogP contribution in [0, 0.1) is 11.3 Å². The van der Waals surface area contributed by atoms with Gasteiger partial charge in [0.15, 0.2) is 12.4 Å². The van der Waals surface area contributed by atoms with Gasteiger partial charge < -0.3 is 14.3 Å². The number of benzene rings is 1. The summed E-state index contributed by atoms with van der Waals surface area (Å²) in [5, 5.41) is 0.216. The Morgan fingerprint density at radius 2 is 1.92 bits per heavy atom. The van der Waals surface area contributed by atoms with Crippen LogP contribution in [0.2, 0.25) is 10.0 Å². The summed E-state index contributed by atoms with van der Waals surface area (Å²) in [7, 11) is 1.26. The maximum atomic E-state index is 13.2. The molecule has 1 unspecified atom stereocenters. The third-order valence-electron chi connectivity index (χ3n) is 5.04. The fourth-order valence-corrected chi connectivity index (χ4v) is 3.87. The Bertz CT molecular complexity index is 757. The van der Waals surface area contributed by atoms with E-state index in [0.29, 0.717) is 24.8 Å². The first-order valence-corrected chi connectivity index (χ1v) is 9.14. The molecule has 0 saturated heterocycles. The zero-order valence-corrected chi connectivity index (χ0v) is 16.8. The topological polar surface area (TPSA) is 69.7 Å². The summed E-state index contributed by atoms with van der Waals surface area (Å²) in [6.45, 7) is 5.14. The van der Waals surface area contributed by atoms with Gasteiger partial charge in [-0.2, -0.15) is 0 Å². The first-order chi connectivity index (χ1) is 12.1. The van der Waals surface area contributed by atoms with Crippen molar-refractivity contribution in [3.05, 3.63) is 27.2 Å². The van der Waals surface area contributed by atoms with Crippen LogP contribution in [0.1, 0.15) is 49.5 Å². The lowest BCUT2D eigenvalue weighted by molar-refractivity contribution is -0.142. The largest absolute Gasteiger partial charge is 0.480 e. The fourth-order valence-electron chi connectivity index (χ4n) is 3.36. The maximum absolute atomic E-state index is 13.2. The van der Waals surface area contributed by atoms with Crippen LogP contribution in [0.4, 0.5) is 0 Å². The molecule has 0 bridgehead atoms. The van der Waals surface area contributed by atoms with E-state index in [9.17, 15) is 14.4 Å². The van der Waals surface area contributed by atoms with Gasteiger partial charge in [0.05, 0.1) is 12.1 Å². The Labute approximate surface area is 162 Å². The summed E-state index contributed by atoms with van der Waals surface area (Å²) in [4.78, 5) is 36.0. The van der Waals surface area contributed by atoms with E-state index >= 15 is 0 Å². The van der Waals surface area contributed by atoms with E-state index in [0.717, 1.165) is 5.56 Å². The molecule has 0 fully saturated rings. The zero-order valence-electron chi connectivity index (χ0n) is 15.3. The van der Waals surface area contributed by atoms with Crippen LogP contribution in [0.3, 0.4) is 0 Å². The molecule has 0 radical (unpaired) electrons. The standard InChI is InChI=1S/C19H22Cl2O5/c1-10(2)19(6-5-11(3)22)8-12-7-13(26-9-14(23)25-4)16(20)17(21)15(12)18(19)24/h7,10H,5-6,8-9H2,1-4H3. The van der Waals surface area contributed by atoms with Crippen molar-refractivity contribution in [2.24, 2.45) is 11.3 Å². The minimum Gasteiger partial charge on any atom is -0.480 e. The second kappa shape index (κ2) is 7.97. The van der Waals surface area contributed by atoms with Gasteiger partial charge in [0.2, 0.25) is 0 Å². The normalized spacial score (nSPS) is 18.8. The second-order valence-corrected chi connectivity index (χ2v) is 7.68. The number of carbonyl (C=O) groups excluding carboxylic acids is 3. The monoisotopic (exact) mass is 400 g/mol. The number of ether oxygens (including phenoxy) is 2. The molecule has 1 aromatic carbocycles. The summed E-state index contributed by atoms with van der Waals surface area (Å²) >= 11 is 12.6.